The molecule has 3 rings (SSSR count). The monoisotopic (exact) mass is 357 g/mol. The van der Waals surface area contributed by atoms with Crippen molar-refractivity contribution in [1.29, 1.82) is 0 Å². The largest absolute Gasteiger partial charge is 0.477 e. The molecule has 1 saturated heterocycles. The van der Waals surface area contributed by atoms with E-state index in [2.05, 4.69) is 10.2 Å². The third kappa shape index (κ3) is 2.58. The molecule has 1 fully saturated rings. The maximum Gasteiger partial charge on any atom is 0.352 e. The summed E-state index contributed by atoms with van der Waals surface area (Å²) in [5.41, 5.74) is 6.04. The molecule has 2 aliphatic heterocycles. The highest BCUT2D eigenvalue weighted by molar-refractivity contribution is 8.01. The molecule has 4 N–H and O–H groups in total. The number of nitrogens with one attached hydrogen (secondary N) is 1. The van der Waals surface area contributed by atoms with Crippen molar-refractivity contribution in [1.82, 2.24) is 19.7 Å². The Kier molecular flexibility index (Phi) is 4.25. The fourth-order valence-electron chi connectivity index (χ4n) is 2.54. The lowest BCUT2D eigenvalue weighted by atomic mass is 10.0. The maximum atomic E-state index is 11.9. The Hall–Kier alpha value is -1.72. The van der Waals surface area contributed by atoms with E-state index < -0.39 is 12.0 Å². The quantitative estimate of drug-likeness (QED) is 0.463. The highest BCUT2D eigenvalue weighted by Crippen LogP contribution is 2.40. The molecule has 0 radical (unpaired) electrons. The van der Waals surface area contributed by atoms with Crippen LogP contribution >= 0.6 is 23.5 Å². The Morgan fingerprint density at radius 1 is 1.57 bits per heavy atom. The number of aromatic amines is 1. The number of amides is 1. The van der Waals surface area contributed by atoms with Crippen LogP contribution in [-0.4, -0.2) is 59.6 Å². The number of fused-ring (bicyclic) bond motifs is 1. The second-order valence-electron chi connectivity index (χ2n) is 5.04. The second-order valence-corrected chi connectivity index (χ2v) is 7.08. The molecule has 1 aromatic heterocycles. The molecular formula is C12H15N5O4S2. The number of thioether (sulfide) groups is 2. The van der Waals surface area contributed by atoms with E-state index in [0.29, 0.717) is 28.8 Å². The number of carbonyl (C=O) groups is 2. The van der Waals surface area contributed by atoms with Crippen LogP contribution in [0.15, 0.2) is 21.2 Å². The Morgan fingerprint density at radius 2 is 2.30 bits per heavy atom. The van der Waals surface area contributed by atoms with Gasteiger partial charge in [-0.05, 0) is 12.5 Å². The number of aliphatic carboxylic acids is 1. The van der Waals surface area contributed by atoms with Gasteiger partial charge in [0.15, 0.2) is 5.16 Å². The zero-order valence-electron chi connectivity index (χ0n) is 12.2. The van der Waals surface area contributed by atoms with Gasteiger partial charge in [0, 0.05) is 18.1 Å². The van der Waals surface area contributed by atoms with Gasteiger partial charge in [-0.2, -0.15) is 0 Å². The van der Waals surface area contributed by atoms with E-state index >= 15 is 0 Å². The Bertz CT molecular complexity index is 755. The SMILES string of the molecule is CCn1c(SCC2=C(C(=O)O)N3C(=O)C(N)[C@H]3SC2)n[nH]c1=O. The first-order chi connectivity index (χ1) is 11.0. The van der Waals surface area contributed by atoms with E-state index in [4.69, 9.17) is 5.73 Å². The van der Waals surface area contributed by atoms with E-state index in [-0.39, 0.29) is 22.7 Å². The minimum absolute atomic E-state index is 0.00822. The van der Waals surface area contributed by atoms with E-state index in [9.17, 15) is 19.5 Å². The zero-order valence-corrected chi connectivity index (χ0v) is 13.8. The number of rotatable bonds is 5. The predicted molar refractivity (Wildman–Crippen MR) is 85.0 cm³/mol. The molecule has 1 unspecified atom stereocenters. The van der Waals surface area contributed by atoms with E-state index in [0.717, 1.165) is 0 Å². The molecule has 2 atom stereocenters. The van der Waals surface area contributed by atoms with Crippen molar-refractivity contribution in [3.8, 4) is 0 Å². The number of hydrogen-bond donors (Lipinski definition) is 3. The average Bonchev–Trinajstić information content (AvgIpc) is 2.90. The molecule has 0 bridgehead atoms. The van der Waals surface area contributed by atoms with E-state index in [1.165, 1.54) is 33.0 Å². The molecule has 1 aromatic rings. The first kappa shape index (κ1) is 16.1. The number of carboxylic acid groups (broad SMARTS) is 1. The van der Waals surface area contributed by atoms with Gasteiger partial charge >= 0.3 is 11.7 Å². The molecule has 23 heavy (non-hydrogen) atoms. The summed E-state index contributed by atoms with van der Waals surface area (Å²) in [6.07, 6.45) is 0. The maximum absolute atomic E-state index is 11.9. The van der Waals surface area contributed by atoms with Gasteiger partial charge in [0.25, 0.3) is 0 Å². The van der Waals surface area contributed by atoms with Crippen LogP contribution in [0.3, 0.4) is 0 Å². The number of carboxylic acids is 1. The van der Waals surface area contributed by atoms with Crippen LogP contribution in [0, 0.1) is 0 Å². The van der Waals surface area contributed by atoms with Crippen molar-refractivity contribution in [2.45, 2.75) is 30.0 Å². The van der Waals surface area contributed by atoms with Crippen LogP contribution in [0.2, 0.25) is 0 Å². The van der Waals surface area contributed by atoms with Gasteiger partial charge in [-0.25, -0.2) is 14.7 Å². The minimum Gasteiger partial charge on any atom is -0.477 e. The lowest BCUT2D eigenvalue weighted by molar-refractivity contribution is -0.147. The van der Waals surface area contributed by atoms with Gasteiger partial charge in [-0.15, -0.1) is 16.9 Å². The van der Waals surface area contributed by atoms with Crippen molar-refractivity contribution in [3.63, 3.8) is 0 Å². The third-order valence-electron chi connectivity index (χ3n) is 3.71. The molecular weight excluding hydrogens is 342 g/mol. The summed E-state index contributed by atoms with van der Waals surface area (Å²) in [5.74, 6) is -0.684. The van der Waals surface area contributed by atoms with Crippen molar-refractivity contribution in [2.75, 3.05) is 11.5 Å². The molecule has 0 aromatic carbocycles. The summed E-state index contributed by atoms with van der Waals surface area (Å²) in [4.78, 5) is 36.2. The highest BCUT2D eigenvalue weighted by atomic mass is 32.2. The number of nitrogens with zero attached hydrogens (tertiary/aromatic N) is 3. The fraction of sp³-hybridized carbons (Fsp3) is 0.500. The Labute approximate surface area is 139 Å². The smallest absolute Gasteiger partial charge is 0.352 e. The number of nitrogens with two attached hydrogens (primary N) is 1. The van der Waals surface area contributed by atoms with E-state index in [1.807, 2.05) is 6.92 Å². The minimum atomic E-state index is -1.14. The zero-order chi connectivity index (χ0) is 16.7. The molecule has 11 heteroatoms. The first-order valence-electron chi connectivity index (χ1n) is 6.89. The number of hydrogen-bond acceptors (Lipinski definition) is 7. The fourth-order valence-corrected chi connectivity index (χ4v) is 4.98. The molecule has 2 aliphatic rings. The summed E-state index contributed by atoms with van der Waals surface area (Å²) >= 11 is 2.72. The first-order valence-corrected chi connectivity index (χ1v) is 8.92. The number of H-pyrrole nitrogens is 1. The summed E-state index contributed by atoms with van der Waals surface area (Å²) in [6, 6.07) is -0.639. The Balaban J connectivity index is 1.84. The molecule has 0 spiro atoms. The van der Waals surface area contributed by atoms with Crippen molar-refractivity contribution in [2.24, 2.45) is 5.73 Å². The van der Waals surface area contributed by atoms with Crippen molar-refractivity contribution in [3.05, 3.63) is 21.8 Å². The van der Waals surface area contributed by atoms with Crippen LogP contribution in [-0.2, 0) is 16.1 Å². The summed E-state index contributed by atoms with van der Waals surface area (Å²) in [6.45, 7) is 2.29. The van der Waals surface area contributed by atoms with Crippen molar-refractivity contribution >= 4 is 35.4 Å². The van der Waals surface area contributed by atoms with Gasteiger partial charge < -0.3 is 10.8 Å². The molecule has 124 valence electrons. The van der Waals surface area contributed by atoms with Gasteiger partial charge in [0.1, 0.15) is 17.1 Å². The summed E-state index contributed by atoms with van der Waals surface area (Å²) in [5, 5.41) is 15.9. The van der Waals surface area contributed by atoms with Gasteiger partial charge in [0.2, 0.25) is 5.91 Å². The highest BCUT2D eigenvalue weighted by Gasteiger charge is 2.51. The van der Waals surface area contributed by atoms with Gasteiger partial charge in [-0.1, -0.05) is 11.8 Å². The summed E-state index contributed by atoms with van der Waals surface area (Å²) in [7, 11) is 0. The lowest BCUT2D eigenvalue weighted by Crippen LogP contribution is -2.68. The number of aromatic nitrogens is 3. The standard InChI is InChI=1S/C12H15N5O4S2/c1-2-16-11(21)14-15-12(16)23-4-5-3-22-9-6(13)8(18)17(9)7(5)10(19)20/h6,9H,2-4,13H2,1H3,(H,14,21)(H,19,20)/t6?,9-/m1/s1. The average molecular weight is 357 g/mol. The Morgan fingerprint density at radius 3 is 2.96 bits per heavy atom. The second kappa shape index (κ2) is 6.06. The third-order valence-corrected chi connectivity index (χ3v) is 6.13. The normalized spacial score (nSPS) is 23.7. The van der Waals surface area contributed by atoms with Crippen LogP contribution < -0.4 is 11.4 Å². The van der Waals surface area contributed by atoms with E-state index in [1.54, 1.807) is 0 Å². The van der Waals surface area contributed by atoms with Crippen molar-refractivity contribution < 1.29 is 14.7 Å². The summed E-state index contributed by atoms with van der Waals surface area (Å²) < 4.78 is 1.47. The van der Waals surface area contributed by atoms with Crippen LogP contribution in [0.4, 0.5) is 0 Å². The molecule has 9 nitrogen and oxygen atoms in total. The lowest BCUT2D eigenvalue weighted by Gasteiger charge is -2.48. The van der Waals surface area contributed by atoms with Gasteiger partial charge in [0.05, 0.1) is 0 Å². The number of β-lactam (4-membered cyclic amide) rings is 1. The molecule has 0 aliphatic carbocycles. The van der Waals surface area contributed by atoms with Crippen LogP contribution in [0.5, 0.6) is 0 Å². The number of carbonyl (C=O) groups excluding carboxylic acids is 1. The molecule has 0 saturated carbocycles. The van der Waals surface area contributed by atoms with Crippen LogP contribution in [0.1, 0.15) is 6.92 Å². The topological polar surface area (TPSA) is 134 Å². The molecule has 1 amide bonds. The van der Waals surface area contributed by atoms with Crippen LogP contribution in [0.25, 0.3) is 0 Å². The predicted octanol–water partition coefficient (Wildman–Crippen LogP) is -0.735. The molecule has 3 heterocycles. The van der Waals surface area contributed by atoms with Gasteiger partial charge in [-0.3, -0.25) is 14.3 Å².